The molecule has 0 atom stereocenters. The summed E-state index contributed by atoms with van der Waals surface area (Å²) < 4.78 is 10.2. The van der Waals surface area contributed by atoms with E-state index in [-0.39, 0.29) is 18.0 Å². The van der Waals surface area contributed by atoms with Crippen molar-refractivity contribution in [2.24, 2.45) is 5.41 Å². The van der Waals surface area contributed by atoms with Crippen LogP contribution in [0, 0.1) is 10.6 Å². The molecule has 0 aromatic carbocycles. The number of nitrogens with zero attached hydrogens (tertiary/aromatic N) is 1. The van der Waals surface area contributed by atoms with Gasteiger partial charge in [-0.2, -0.15) is 0 Å². The molecule has 0 aromatic rings. The number of hydroxylamine groups is 2. The van der Waals surface area contributed by atoms with Gasteiger partial charge in [-0.3, -0.25) is 4.79 Å². The SMILES string of the molecule is CC(C)(C)C(=O)N([O-])CCCP(=O)([O-])[O-]. The van der Waals surface area contributed by atoms with Crippen LogP contribution in [0.25, 0.3) is 0 Å². The molecule has 0 aliphatic rings. The summed E-state index contributed by atoms with van der Waals surface area (Å²) in [5.41, 5.74) is -0.791. The first-order valence-corrected chi connectivity index (χ1v) is 6.27. The lowest BCUT2D eigenvalue weighted by atomic mass is 9.95. The molecule has 0 unspecified atom stereocenters. The van der Waals surface area contributed by atoms with Crippen LogP contribution in [0.15, 0.2) is 0 Å². The average Bonchev–Trinajstić information content (AvgIpc) is 1.98. The Bertz CT molecular complexity index is 267. The normalized spacial score (nSPS) is 12.7. The molecule has 0 fully saturated rings. The van der Waals surface area contributed by atoms with E-state index in [0.29, 0.717) is 0 Å². The molecule has 6 nitrogen and oxygen atoms in total. The molecule has 0 heterocycles. The van der Waals surface area contributed by atoms with Crippen molar-refractivity contribution in [3.05, 3.63) is 5.21 Å². The second-order valence-electron chi connectivity index (χ2n) is 4.35. The first-order chi connectivity index (χ1) is 6.54. The van der Waals surface area contributed by atoms with Gasteiger partial charge in [0.2, 0.25) is 5.91 Å². The van der Waals surface area contributed by atoms with Crippen molar-refractivity contribution in [2.75, 3.05) is 12.7 Å². The van der Waals surface area contributed by atoms with E-state index in [1.807, 2.05) is 0 Å². The number of carbonyl (C=O) groups is 1. The first kappa shape index (κ1) is 14.6. The van der Waals surface area contributed by atoms with E-state index in [1.165, 1.54) is 0 Å². The number of hydrogen-bond acceptors (Lipinski definition) is 5. The number of rotatable bonds is 4. The highest BCUT2D eigenvalue weighted by Crippen LogP contribution is 2.24. The lowest BCUT2D eigenvalue weighted by Gasteiger charge is -2.36. The summed E-state index contributed by atoms with van der Waals surface area (Å²) >= 11 is 0. The van der Waals surface area contributed by atoms with Crippen LogP contribution in [-0.4, -0.2) is 23.7 Å². The molecule has 7 heteroatoms. The van der Waals surface area contributed by atoms with Crippen LogP contribution in [0.2, 0.25) is 0 Å². The van der Waals surface area contributed by atoms with E-state index in [2.05, 4.69) is 0 Å². The maximum atomic E-state index is 11.3. The largest absolute Gasteiger partial charge is 0.811 e. The average molecular weight is 236 g/mol. The topological polar surface area (TPSA) is 107 Å². The zero-order chi connectivity index (χ0) is 12.3. The van der Waals surface area contributed by atoms with E-state index < -0.39 is 25.1 Å². The molecule has 1 amide bonds. The molecule has 0 aromatic heterocycles. The molecule has 15 heavy (non-hydrogen) atoms. The molecule has 0 saturated carbocycles. The molecule has 0 spiro atoms. The van der Waals surface area contributed by atoms with Gasteiger partial charge in [0.1, 0.15) is 0 Å². The van der Waals surface area contributed by atoms with Crippen LogP contribution < -0.4 is 9.79 Å². The van der Waals surface area contributed by atoms with Gasteiger partial charge in [-0.15, -0.1) is 0 Å². The van der Waals surface area contributed by atoms with Crippen LogP contribution in [0.4, 0.5) is 0 Å². The highest BCUT2D eigenvalue weighted by Gasteiger charge is 2.22. The molecule has 0 saturated heterocycles. The molecule has 0 radical (unpaired) electrons. The Morgan fingerprint density at radius 2 is 1.80 bits per heavy atom. The number of carbonyl (C=O) groups excluding carboxylic acids is 1. The minimum Gasteiger partial charge on any atom is -0.811 e. The Morgan fingerprint density at radius 1 is 1.33 bits per heavy atom. The van der Waals surface area contributed by atoms with Gasteiger partial charge in [-0.05, 0) is 12.6 Å². The second kappa shape index (κ2) is 5.07. The Labute approximate surface area is 89.0 Å². The van der Waals surface area contributed by atoms with Gasteiger partial charge in [0, 0.05) is 12.0 Å². The monoisotopic (exact) mass is 236 g/mol. The van der Waals surface area contributed by atoms with Crippen molar-refractivity contribution in [3.8, 4) is 0 Å². The minimum atomic E-state index is -4.57. The highest BCUT2D eigenvalue weighted by atomic mass is 31.2. The third-order valence-electron chi connectivity index (χ3n) is 1.66. The van der Waals surface area contributed by atoms with Crippen molar-refractivity contribution in [1.82, 2.24) is 5.06 Å². The summed E-state index contributed by atoms with van der Waals surface area (Å²) in [5, 5.41) is 11.4. The maximum absolute atomic E-state index is 11.3. The third-order valence-corrected chi connectivity index (χ3v) is 2.53. The van der Waals surface area contributed by atoms with E-state index in [9.17, 15) is 24.4 Å². The molecular formula is C8H15NO5P-3. The second-order valence-corrected chi connectivity index (χ2v) is 6.01. The van der Waals surface area contributed by atoms with E-state index >= 15 is 0 Å². The Balaban J connectivity index is 4.01. The van der Waals surface area contributed by atoms with Gasteiger partial charge in [-0.1, -0.05) is 28.4 Å². The maximum Gasteiger partial charge on any atom is 0.217 e. The van der Waals surface area contributed by atoms with Crippen molar-refractivity contribution >= 4 is 13.5 Å². The van der Waals surface area contributed by atoms with Gasteiger partial charge >= 0.3 is 0 Å². The van der Waals surface area contributed by atoms with E-state index in [0.717, 1.165) is 0 Å². The smallest absolute Gasteiger partial charge is 0.217 e. The lowest BCUT2D eigenvalue weighted by molar-refractivity contribution is -0.313. The molecule has 90 valence electrons. The fourth-order valence-electron chi connectivity index (χ4n) is 0.884. The summed E-state index contributed by atoms with van der Waals surface area (Å²) in [6, 6.07) is 0. The van der Waals surface area contributed by atoms with Gasteiger partial charge < -0.3 is 24.6 Å². The van der Waals surface area contributed by atoms with Crippen LogP contribution in [0.1, 0.15) is 27.2 Å². The molecule has 0 bridgehead atoms. The summed E-state index contributed by atoms with van der Waals surface area (Å²) in [7, 11) is -4.57. The van der Waals surface area contributed by atoms with Crippen LogP contribution in [0.5, 0.6) is 0 Å². The Hall–Kier alpha value is -0.420. The lowest BCUT2D eigenvalue weighted by Crippen LogP contribution is -2.36. The van der Waals surface area contributed by atoms with Gasteiger partial charge in [0.05, 0.1) is 0 Å². The number of amides is 1. The van der Waals surface area contributed by atoms with Crippen LogP contribution >= 0.6 is 7.60 Å². The zero-order valence-electron chi connectivity index (χ0n) is 9.06. The fraction of sp³-hybridized carbons (Fsp3) is 0.875. The molecule has 0 rings (SSSR count). The van der Waals surface area contributed by atoms with Crippen LogP contribution in [-0.2, 0) is 9.36 Å². The molecular weight excluding hydrogens is 221 g/mol. The third kappa shape index (κ3) is 6.62. The van der Waals surface area contributed by atoms with Crippen molar-refractivity contribution < 1.29 is 19.1 Å². The predicted molar refractivity (Wildman–Crippen MR) is 51.6 cm³/mol. The number of hydrogen-bond donors (Lipinski definition) is 0. The molecule has 0 aliphatic carbocycles. The fourth-order valence-corrected chi connectivity index (χ4v) is 1.41. The van der Waals surface area contributed by atoms with Gasteiger partial charge in [0.15, 0.2) is 0 Å². The Morgan fingerprint density at radius 3 is 2.13 bits per heavy atom. The van der Waals surface area contributed by atoms with Gasteiger partial charge in [-0.25, -0.2) is 0 Å². The summed E-state index contributed by atoms with van der Waals surface area (Å²) in [5.74, 6) is -0.617. The van der Waals surface area contributed by atoms with Gasteiger partial charge in [0.25, 0.3) is 0 Å². The van der Waals surface area contributed by atoms with Crippen molar-refractivity contribution in [1.29, 1.82) is 0 Å². The standard InChI is InChI=1S/C8H17NO5P/c1-8(2,3)7(10)9(11)5-4-6-15(12,13)14/h4-6H2,1-3H3,(H2,12,13,14)/q-1/p-2. The van der Waals surface area contributed by atoms with E-state index in [4.69, 9.17) is 0 Å². The van der Waals surface area contributed by atoms with Crippen molar-refractivity contribution in [2.45, 2.75) is 27.2 Å². The Kier molecular flexibility index (Phi) is 4.93. The minimum absolute atomic E-state index is 0.115. The van der Waals surface area contributed by atoms with E-state index in [1.54, 1.807) is 20.8 Å². The summed E-state index contributed by atoms with van der Waals surface area (Å²) in [6.07, 6.45) is -0.710. The summed E-state index contributed by atoms with van der Waals surface area (Å²) in [6.45, 7) is 4.51. The first-order valence-electron chi connectivity index (χ1n) is 4.54. The van der Waals surface area contributed by atoms with Crippen molar-refractivity contribution in [3.63, 3.8) is 0 Å². The quantitative estimate of drug-likeness (QED) is 0.490. The summed E-state index contributed by atoms with van der Waals surface area (Å²) in [4.78, 5) is 31.8. The zero-order valence-corrected chi connectivity index (χ0v) is 9.95. The van der Waals surface area contributed by atoms with Crippen LogP contribution in [0.3, 0.4) is 0 Å². The molecule has 0 N–H and O–H groups in total. The molecule has 0 aliphatic heterocycles. The highest BCUT2D eigenvalue weighted by molar-refractivity contribution is 7.48. The predicted octanol–water partition coefficient (Wildman–Crippen LogP) is -0.337.